The Kier molecular flexibility index (Phi) is 5.74. The van der Waals surface area contributed by atoms with Crippen LogP contribution >= 0.6 is 0 Å². The Balaban J connectivity index is 1.24. The first-order valence-corrected chi connectivity index (χ1v) is 13.2. The van der Waals surface area contributed by atoms with Gasteiger partial charge in [-0.15, -0.1) is 0 Å². The highest BCUT2D eigenvalue weighted by Gasteiger charge is 2.20. The molecule has 3 N–H and O–H groups in total. The normalized spacial score (nSPS) is 15.5. The molecule has 8 heteroatoms. The highest BCUT2D eigenvalue weighted by molar-refractivity contribution is 5.95. The van der Waals surface area contributed by atoms with Gasteiger partial charge in [-0.25, -0.2) is 15.0 Å². The van der Waals surface area contributed by atoms with Gasteiger partial charge in [0.25, 0.3) is 0 Å². The minimum atomic E-state index is 0.520. The molecule has 190 valence electrons. The summed E-state index contributed by atoms with van der Waals surface area (Å²) in [5.74, 6) is 7.66. The lowest BCUT2D eigenvalue weighted by atomic mass is 10.0. The van der Waals surface area contributed by atoms with Gasteiger partial charge >= 0.3 is 0 Å². The molecule has 2 aliphatic rings. The lowest BCUT2D eigenvalue weighted by Gasteiger charge is -2.15. The number of imidazole rings is 1. The number of aromatic amines is 2. The largest absolute Gasteiger partial charge is 0.352 e. The number of H-pyrrole nitrogens is 2. The molecule has 0 unspecified atom stereocenters. The number of fused-ring (bicyclic) bond motifs is 2. The Bertz CT molecular complexity index is 1840. The van der Waals surface area contributed by atoms with Gasteiger partial charge in [0.15, 0.2) is 17.1 Å². The highest BCUT2D eigenvalue weighted by Crippen LogP contribution is 2.32. The van der Waals surface area contributed by atoms with Gasteiger partial charge in [-0.3, -0.25) is 10.1 Å². The fourth-order valence-electron chi connectivity index (χ4n) is 5.38. The van der Waals surface area contributed by atoms with E-state index in [0.29, 0.717) is 29.5 Å². The summed E-state index contributed by atoms with van der Waals surface area (Å²) in [5.41, 5.74) is 8.55. The molecule has 0 bridgehead atoms. The highest BCUT2D eigenvalue weighted by atomic mass is 15.2. The molecule has 5 aromatic heterocycles. The van der Waals surface area contributed by atoms with Gasteiger partial charge in [-0.05, 0) is 60.6 Å². The zero-order valence-electron chi connectivity index (χ0n) is 21.3. The molecule has 39 heavy (non-hydrogen) atoms. The lowest BCUT2D eigenvalue weighted by molar-refractivity contribution is 0.608. The number of nitrogens with zero attached hydrogens (tertiary/aromatic N) is 5. The minimum absolute atomic E-state index is 0.520. The average Bonchev–Trinajstić information content (AvgIpc) is 3.71. The summed E-state index contributed by atoms with van der Waals surface area (Å²) in [6.45, 7) is 4.30. The third kappa shape index (κ3) is 4.38. The Labute approximate surface area is 225 Å². The third-order valence-corrected chi connectivity index (χ3v) is 7.40. The standard InChI is InChI=1S/C31H26N8/c1-19(20-8-2-3-9-20)35-23-11-5-4-10-21(16-23)22-17-25-28(38-39-29(25)34-18-22)31-36-27-24(13-15-33-30(27)37-31)26-12-6-7-14-32-26/h6-7,10,12-18,20,35H,1-4,8-9H2,(H,33,36,37)(H,34,38,39). The van der Waals surface area contributed by atoms with Crippen molar-refractivity contribution in [1.82, 2.24) is 40.4 Å². The molecule has 0 saturated heterocycles. The van der Waals surface area contributed by atoms with E-state index in [4.69, 9.17) is 4.98 Å². The minimum Gasteiger partial charge on any atom is -0.352 e. The third-order valence-electron chi connectivity index (χ3n) is 7.40. The van der Waals surface area contributed by atoms with Crippen LogP contribution < -0.4 is 5.32 Å². The first kappa shape index (κ1) is 23.1. The Hall–Kier alpha value is -5.03. The van der Waals surface area contributed by atoms with Gasteiger partial charge < -0.3 is 10.3 Å². The summed E-state index contributed by atoms with van der Waals surface area (Å²) in [7, 11) is 0. The maximum Gasteiger partial charge on any atom is 0.181 e. The fraction of sp³-hybridized carbons (Fsp3) is 0.194. The summed E-state index contributed by atoms with van der Waals surface area (Å²) < 4.78 is 0. The molecule has 0 aromatic carbocycles. The second-order valence-electron chi connectivity index (χ2n) is 9.91. The van der Waals surface area contributed by atoms with Crippen LogP contribution in [0.4, 0.5) is 0 Å². The molecule has 7 rings (SSSR count). The SMILES string of the molecule is C=C(NC1=CC(c2cnc3n[nH]c(-c4nc5nccc(-c6ccccn6)c5[nH]4)c3c2)=CCC#C1)C1CCCC1. The molecule has 0 atom stereocenters. The van der Waals surface area contributed by atoms with Crippen LogP contribution in [0.1, 0.15) is 37.7 Å². The van der Waals surface area contributed by atoms with Crippen molar-refractivity contribution < 1.29 is 0 Å². The van der Waals surface area contributed by atoms with Crippen molar-refractivity contribution >= 4 is 27.8 Å². The van der Waals surface area contributed by atoms with Crippen LogP contribution in [0.15, 0.2) is 79.0 Å². The van der Waals surface area contributed by atoms with E-state index in [-0.39, 0.29) is 0 Å². The van der Waals surface area contributed by atoms with Gasteiger partial charge in [0.05, 0.1) is 22.3 Å². The van der Waals surface area contributed by atoms with Crippen molar-refractivity contribution in [2.75, 3.05) is 0 Å². The van der Waals surface area contributed by atoms with Crippen LogP contribution in [0, 0.1) is 17.8 Å². The van der Waals surface area contributed by atoms with Gasteiger partial charge in [0.1, 0.15) is 5.69 Å². The van der Waals surface area contributed by atoms with Crippen LogP contribution in [0.25, 0.3) is 50.5 Å². The van der Waals surface area contributed by atoms with E-state index in [1.165, 1.54) is 25.7 Å². The molecule has 1 saturated carbocycles. The average molecular weight is 511 g/mol. The summed E-state index contributed by atoms with van der Waals surface area (Å²) in [6.07, 6.45) is 15.2. The van der Waals surface area contributed by atoms with E-state index in [1.807, 2.05) is 30.5 Å². The van der Waals surface area contributed by atoms with Gasteiger partial charge in [0, 0.05) is 41.8 Å². The summed E-state index contributed by atoms with van der Waals surface area (Å²) >= 11 is 0. The number of hydrogen-bond donors (Lipinski definition) is 3. The van der Waals surface area contributed by atoms with Gasteiger partial charge in [-0.2, -0.15) is 5.10 Å². The molecular formula is C31H26N8. The predicted octanol–water partition coefficient (Wildman–Crippen LogP) is 5.93. The predicted molar refractivity (Wildman–Crippen MR) is 153 cm³/mol. The summed E-state index contributed by atoms with van der Waals surface area (Å²) in [5, 5.41) is 11.9. The van der Waals surface area contributed by atoms with E-state index < -0.39 is 0 Å². The fourth-order valence-corrected chi connectivity index (χ4v) is 5.38. The molecule has 1 fully saturated rings. The summed E-state index contributed by atoms with van der Waals surface area (Å²) in [6, 6.07) is 9.88. The molecule has 5 heterocycles. The number of aromatic nitrogens is 7. The van der Waals surface area contributed by atoms with Crippen molar-refractivity contribution in [3.05, 3.63) is 84.6 Å². The van der Waals surface area contributed by atoms with Gasteiger partial charge in [-0.1, -0.05) is 37.5 Å². The lowest BCUT2D eigenvalue weighted by Crippen LogP contribution is -2.16. The van der Waals surface area contributed by atoms with E-state index in [0.717, 1.165) is 50.4 Å². The Morgan fingerprint density at radius 1 is 1.05 bits per heavy atom. The van der Waals surface area contributed by atoms with Crippen LogP contribution in [0.5, 0.6) is 0 Å². The maximum atomic E-state index is 4.77. The number of hydrogen-bond acceptors (Lipinski definition) is 6. The second-order valence-corrected chi connectivity index (χ2v) is 9.91. The smallest absolute Gasteiger partial charge is 0.181 e. The van der Waals surface area contributed by atoms with Crippen molar-refractivity contribution in [3.63, 3.8) is 0 Å². The molecule has 5 aromatic rings. The summed E-state index contributed by atoms with van der Waals surface area (Å²) in [4.78, 5) is 21.8. The Morgan fingerprint density at radius 2 is 1.97 bits per heavy atom. The van der Waals surface area contributed by atoms with Crippen LogP contribution in [0.2, 0.25) is 0 Å². The monoisotopic (exact) mass is 510 g/mol. The second kappa shape index (κ2) is 9.69. The number of nitrogens with one attached hydrogen (secondary N) is 3. The van der Waals surface area contributed by atoms with Crippen LogP contribution in [-0.2, 0) is 0 Å². The molecular weight excluding hydrogens is 484 g/mol. The van der Waals surface area contributed by atoms with Crippen molar-refractivity contribution in [2.24, 2.45) is 5.92 Å². The molecule has 0 aliphatic heterocycles. The zero-order valence-corrected chi connectivity index (χ0v) is 21.3. The van der Waals surface area contributed by atoms with Gasteiger partial charge in [0.2, 0.25) is 0 Å². The van der Waals surface area contributed by atoms with Crippen molar-refractivity contribution in [3.8, 4) is 34.6 Å². The number of allylic oxidation sites excluding steroid dienone is 5. The topological polar surface area (TPSA) is 108 Å². The van der Waals surface area contributed by atoms with E-state index in [1.54, 1.807) is 12.4 Å². The van der Waals surface area contributed by atoms with Crippen LogP contribution in [-0.4, -0.2) is 35.1 Å². The number of rotatable bonds is 6. The van der Waals surface area contributed by atoms with Crippen molar-refractivity contribution in [2.45, 2.75) is 32.1 Å². The first-order valence-electron chi connectivity index (χ1n) is 13.2. The van der Waals surface area contributed by atoms with E-state index in [9.17, 15) is 0 Å². The molecule has 2 aliphatic carbocycles. The van der Waals surface area contributed by atoms with Crippen LogP contribution in [0.3, 0.4) is 0 Å². The maximum absolute atomic E-state index is 4.77. The zero-order chi connectivity index (χ0) is 26.2. The quantitative estimate of drug-likeness (QED) is 0.245. The van der Waals surface area contributed by atoms with Crippen molar-refractivity contribution in [1.29, 1.82) is 0 Å². The van der Waals surface area contributed by atoms with E-state index in [2.05, 4.69) is 72.1 Å². The first-order chi connectivity index (χ1) is 19.2. The molecule has 8 nitrogen and oxygen atoms in total. The molecule has 0 spiro atoms. The molecule has 0 radical (unpaired) electrons. The number of pyridine rings is 3. The van der Waals surface area contributed by atoms with E-state index >= 15 is 0 Å². The Morgan fingerprint density at radius 3 is 2.85 bits per heavy atom. The molecule has 0 amide bonds.